The van der Waals surface area contributed by atoms with Crippen LogP contribution in [0.25, 0.3) is 22.4 Å². The molecule has 2 aromatic carbocycles. The van der Waals surface area contributed by atoms with E-state index in [-0.39, 0.29) is 5.91 Å². The first-order valence-electron chi connectivity index (χ1n) is 8.33. The third-order valence-corrected chi connectivity index (χ3v) is 5.16. The predicted octanol–water partition coefficient (Wildman–Crippen LogP) is 3.52. The summed E-state index contributed by atoms with van der Waals surface area (Å²) in [6, 6.07) is 17.2. The summed E-state index contributed by atoms with van der Waals surface area (Å²) in [6.07, 6.45) is 1.54. The highest BCUT2D eigenvalue weighted by Crippen LogP contribution is 2.27. The third-order valence-electron chi connectivity index (χ3n) is 4.11. The minimum absolute atomic E-state index is 0.140. The molecule has 0 aliphatic heterocycles. The van der Waals surface area contributed by atoms with Gasteiger partial charge in [-0.2, -0.15) is 0 Å². The number of furan rings is 1. The van der Waals surface area contributed by atoms with Crippen molar-refractivity contribution >= 4 is 34.1 Å². The van der Waals surface area contributed by atoms with Crippen LogP contribution in [0.2, 0.25) is 0 Å². The number of nitrogen functional groups attached to an aromatic ring is 1. The normalized spacial score (nSPS) is 12.2. The first kappa shape index (κ1) is 17.2. The van der Waals surface area contributed by atoms with Crippen LogP contribution in [0.1, 0.15) is 6.92 Å². The number of nitrogens with one attached hydrogen (secondary N) is 1. The standard InChI is InChI=1S/C19H17N5O2S/c1-12(27-19-23-22-17(24(19)20)16-10-5-11-26-16)18(25)21-15-9-4-7-13-6-2-3-8-14(13)15/h2-12H,20H2,1H3,(H,21,25). The van der Waals surface area contributed by atoms with Gasteiger partial charge in [-0.1, -0.05) is 48.2 Å². The molecule has 27 heavy (non-hydrogen) atoms. The lowest BCUT2D eigenvalue weighted by Gasteiger charge is -2.13. The maximum Gasteiger partial charge on any atom is 0.237 e. The molecular weight excluding hydrogens is 362 g/mol. The fourth-order valence-corrected chi connectivity index (χ4v) is 3.48. The van der Waals surface area contributed by atoms with Crippen LogP contribution in [-0.4, -0.2) is 26.0 Å². The van der Waals surface area contributed by atoms with Crippen LogP contribution in [0.15, 0.2) is 70.4 Å². The summed E-state index contributed by atoms with van der Waals surface area (Å²) in [6.45, 7) is 1.80. The quantitative estimate of drug-likeness (QED) is 0.407. The Bertz CT molecular complexity index is 1090. The summed E-state index contributed by atoms with van der Waals surface area (Å²) in [5.74, 6) is 6.83. The molecule has 1 atom stereocenters. The third kappa shape index (κ3) is 3.39. The maximum absolute atomic E-state index is 12.7. The van der Waals surface area contributed by atoms with Crippen molar-refractivity contribution in [3.05, 3.63) is 60.9 Å². The van der Waals surface area contributed by atoms with Gasteiger partial charge in [-0.15, -0.1) is 10.2 Å². The van der Waals surface area contributed by atoms with E-state index in [2.05, 4.69) is 15.5 Å². The molecule has 136 valence electrons. The molecule has 7 nitrogen and oxygen atoms in total. The zero-order valence-corrected chi connectivity index (χ0v) is 15.3. The van der Waals surface area contributed by atoms with Crippen molar-refractivity contribution in [2.75, 3.05) is 11.2 Å². The lowest BCUT2D eigenvalue weighted by molar-refractivity contribution is -0.115. The summed E-state index contributed by atoms with van der Waals surface area (Å²) in [4.78, 5) is 12.7. The van der Waals surface area contributed by atoms with E-state index in [0.717, 1.165) is 16.5 Å². The van der Waals surface area contributed by atoms with Gasteiger partial charge < -0.3 is 15.6 Å². The lowest BCUT2D eigenvalue weighted by atomic mass is 10.1. The Labute approximate surface area is 159 Å². The van der Waals surface area contributed by atoms with Gasteiger partial charge >= 0.3 is 0 Å². The number of nitrogens with zero attached hydrogens (tertiary/aromatic N) is 3. The molecule has 0 bridgehead atoms. The number of aromatic nitrogens is 3. The molecule has 4 rings (SSSR count). The Hall–Kier alpha value is -3.26. The monoisotopic (exact) mass is 379 g/mol. The highest BCUT2D eigenvalue weighted by molar-refractivity contribution is 8.00. The molecule has 2 aromatic heterocycles. The second-order valence-corrected chi connectivity index (χ2v) is 7.24. The SMILES string of the molecule is CC(Sc1nnc(-c2ccco2)n1N)C(=O)Nc1cccc2ccccc12. The molecule has 4 aromatic rings. The van der Waals surface area contributed by atoms with Crippen molar-refractivity contribution < 1.29 is 9.21 Å². The highest BCUT2D eigenvalue weighted by Gasteiger charge is 2.21. The first-order valence-corrected chi connectivity index (χ1v) is 9.21. The number of benzene rings is 2. The molecular formula is C19H17N5O2S. The number of thioether (sulfide) groups is 1. The van der Waals surface area contributed by atoms with Gasteiger partial charge in [0.1, 0.15) is 0 Å². The molecule has 2 heterocycles. The zero-order valence-electron chi connectivity index (χ0n) is 14.5. The average Bonchev–Trinajstić information content (AvgIpc) is 3.32. The van der Waals surface area contributed by atoms with Gasteiger partial charge in [0.15, 0.2) is 5.76 Å². The Morgan fingerprint density at radius 3 is 2.78 bits per heavy atom. The van der Waals surface area contributed by atoms with Crippen LogP contribution in [0.5, 0.6) is 0 Å². The maximum atomic E-state index is 12.7. The van der Waals surface area contributed by atoms with Gasteiger partial charge in [0, 0.05) is 11.1 Å². The van der Waals surface area contributed by atoms with E-state index in [1.807, 2.05) is 42.5 Å². The van der Waals surface area contributed by atoms with E-state index in [4.69, 9.17) is 10.3 Å². The fraction of sp³-hybridized carbons (Fsp3) is 0.105. The number of rotatable bonds is 5. The van der Waals surface area contributed by atoms with E-state index in [1.54, 1.807) is 19.1 Å². The van der Waals surface area contributed by atoms with Gasteiger partial charge in [-0.3, -0.25) is 4.79 Å². The molecule has 3 N–H and O–H groups in total. The van der Waals surface area contributed by atoms with E-state index < -0.39 is 5.25 Å². The number of amides is 1. The molecule has 0 saturated heterocycles. The molecule has 1 amide bonds. The molecule has 0 radical (unpaired) electrons. The molecule has 8 heteroatoms. The lowest BCUT2D eigenvalue weighted by Crippen LogP contribution is -2.23. The van der Waals surface area contributed by atoms with Crippen molar-refractivity contribution in [2.45, 2.75) is 17.3 Å². The van der Waals surface area contributed by atoms with E-state index >= 15 is 0 Å². The van der Waals surface area contributed by atoms with Crippen LogP contribution in [0.4, 0.5) is 5.69 Å². The van der Waals surface area contributed by atoms with E-state index in [0.29, 0.717) is 16.7 Å². The summed E-state index contributed by atoms with van der Waals surface area (Å²) in [5, 5.41) is 13.2. The second-order valence-electron chi connectivity index (χ2n) is 5.93. The van der Waals surface area contributed by atoms with Crippen LogP contribution < -0.4 is 11.2 Å². The zero-order chi connectivity index (χ0) is 18.8. The van der Waals surface area contributed by atoms with Crippen molar-refractivity contribution in [1.82, 2.24) is 14.9 Å². The molecule has 0 fully saturated rings. The van der Waals surface area contributed by atoms with Crippen LogP contribution in [0.3, 0.4) is 0 Å². The van der Waals surface area contributed by atoms with Gasteiger partial charge in [0.25, 0.3) is 0 Å². The summed E-state index contributed by atoms with van der Waals surface area (Å²) >= 11 is 1.23. The Morgan fingerprint density at radius 1 is 1.15 bits per heavy atom. The number of hydrogen-bond acceptors (Lipinski definition) is 6. The van der Waals surface area contributed by atoms with Crippen molar-refractivity contribution in [3.8, 4) is 11.6 Å². The summed E-state index contributed by atoms with van der Waals surface area (Å²) in [5.41, 5.74) is 0.774. The van der Waals surface area contributed by atoms with Gasteiger partial charge in [-0.05, 0) is 30.5 Å². The number of carbonyl (C=O) groups excluding carboxylic acids is 1. The molecule has 0 saturated carbocycles. The molecule has 1 unspecified atom stereocenters. The summed E-state index contributed by atoms with van der Waals surface area (Å²) in [7, 11) is 0. The number of fused-ring (bicyclic) bond motifs is 1. The Balaban J connectivity index is 1.50. The molecule has 0 spiro atoms. The minimum atomic E-state index is -0.417. The number of carbonyl (C=O) groups is 1. The predicted molar refractivity (Wildman–Crippen MR) is 106 cm³/mol. The van der Waals surface area contributed by atoms with Crippen LogP contribution in [0, 0.1) is 0 Å². The van der Waals surface area contributed by atoms with Crippen molar-refractivity contribution in [1.29, 1.82) is 0 Å². The van der Waals surface area contributed by atoms with Gasteiger partial charge in [0.05, 0.1) is 11.5 Å². The van der Waals surface area contributed by atoms with E-state index in [9.17, 15) is 4.79 Å². The topological polar surface area (TPSA) is 99.0 Å². The number of nitrogens with two attached hydrogens (primary N) is 1. The first-order chi connectivity index (χ1) is 13.1. The second kappa shape index (κ2) is 7.16. The number of hydrogen-bond donors (Lipinski definition) is 2. The van der Waals surface area contributed by atoms with E-state index in [1.165, 1.54) is 22.7 Å². The largest absolute Gasteiger partial charge is 0.461 e. The smallest absolute Gasteiger partial charge is 0.237 e. The highest BCUT2D eigenvalue weighted by atomic mass is 32.2. The fourth-order valence-electron chi connectivity index (χ4n) is 2.71. The van der Waals surface area contributed by atoms with Crippen LogP contribution >= 0.6 is 11.8 Å². The minimum Gasteiger partial charge on any atom is -0.461 e. The van der Waals surface area contributed by atoms with Crippen molar-refractivity contribution in [3.63, 3.8) is 0 Å². The molecule has 0 aliphatic rings. The van der Waals surface area contributed by atoms with Crippen molar-refractivity contribution in [2.24, 2.45) is 0 Å². The van der Waals surface area contributed by atoms with Crippen LogP contribution in [-0.2, 0) is 4.79 Å². The Morgan fingerprint density at radius 2 is 1.96 bits per heavy atom. The van der Waals surface area contributed by atoms with Gasteiger partial charge in [0.2, 0.25) is 16.9 Å². The number of anilines is 1. The summed E-state index contributed by atoms with van der Waals surface area (Å²) < 4.78 is 6.62. The molecule has 0 aliphatic carbocycles. The average molecular weight is 379 g/mol. The Kier molecular flexibility index (Phi) is 4.55. The van der Waals surface area contributed by atoms with Gasteiger partial charge in [-0.25, -0.2) is 4.68 Å².